The molecule has 1 amide bonds. The van der Waals surface area contributed by atoms with Crippen molar-refractivity contribution in [2.75, 3.05) is 7.05 Å². The standard InChI is InChI=1S/C17H21BrN8O3/c1-5-24-15(13(18)8-19-24)9-22(4)17(27)14-6-7-23(21-14)10-25-12(3)16(26(28)29)11(2)20-25/h6-8H,5,9-10H2,1-4H3. The first-order chi connectivity index (χ1) is 13.7. The lowest BCUT2D eigenvalue weighted by Crippen LogP contribution is -2.28. The number of aryl methyl sites for hydroxylation is 2. The first-order valence-electron chi connectivity index (χ1n) is 8.90. The van der Waals surface area contributed by atoms with Crippen LogP contribution in [0, 0.1) is 24.0 Å². The summed E-state index contributed by atoms with van der Waals surface area (Å²) in [6, 6.07) is 1.62. The molecule has 0 aliphatic heterocycles. The van der Waals surface area contributed by atoms with Gasteiger partial charge in [-0.25, -0.2) is 4.68 Å². The van der Waals surface area contributed by atoms with Crippen molar-refractivity contribution < 1.29 is 9.72 Å². The molecule has 11 nitrogen and oxygen atoms in total. The van der Waals surface area contributed by atoms with Crippen molar-refractivity contribution in [3.05, 3.63) is 55.8 Å². The van der Waals surface area contributed by atoms with Gasteiger partial charge in [0.05, 0.1) is 27.8 Å². The van der Waals surface area contributed by atoms with Crippen molar-refractivity contribution in [1.29, 1.82) is 0 Å². The molecule has 0 saturated carbocycles. The Morgan fingerprint density at radius 3 is 2.66 bits per heavy atom. The zero-order valence-corrected chi connectivity index (χ0v) is 18.1. The van der Waals surface area contributed by atoms with E-state index in [1.165, 1.54) is 9.36 Å². The molecule has 0 aromatic carbocycles. The third kappa shape index (κ3) is 4.06. The number of aromatic nitrogens is 6. The van der Waals surface area contributed by atoms with Crippen molar-refractivity contribution in [3.8, 4) is 0 Å². The van der Waals surface area contributed by atoms with Crippen molar-refractivity contribution in [2.24, 2.45) is 0 Å². The highest BCUT2D eigenvalue weighted by Gasteiger charge is 2.23. The summed E-state index contributed by atoms with van der Waals surface area (Å²) in [5.74, 6) is -0.237. The first-order valence-corrected chi connectivity index (χ1v) is 9.69. The Morgan fingerprint density at radius 1 is 1.31 bits per heavy atom. The van der Waals surface area contributed by atoms with Gasteiger partial charge in [-0.3, -0.25) is 24.3 Å². The molecule has 3 aromatic rings. The van der Waals surface area contributed by atoms with Crippen LogP contribution in [0.25, 0.3) is 0 Å². The van der Waals surface area contributed by atoms with E-state index in [0.29, 0.717) is 24.5 Å². The molecule has 154 valence electrons. The third-order valence-corrected chi connectivity index (χ3v) is 5.26. The second-order valence-corrected chi connectivity index (χ2v) is 7.43. The van der Waals surface area contributed by atoms with E-state index in [-0.39, 0.29) is 24.0 Å². The molecule has 0 radical (unpaired) electrons. The Hall–Kier alpha value is -3.02. The lowest BCUT2D eigenvalue weighted by molar-refractivity contribution is -0.386. The van der Waals surface area contributed by atoms with E-state index in [1.807, 2.05) is 11.6 Å². The summed E-state index contributed by atoms with van der Waals surface area (Å²) in [6.45, 7) is 6.46. The molecule has 0 saturated heterocycles. The molecule has 29 heavy (non-hydrogen) atoms. The van der Waals surface area contributed by atoms with Crippen molar-refractivity contribution in [3.63, 3.8) is 0 Å². The number of nitrogens with zero attached hydrogens (tertiary/aromatic N) is 8. The number of amides is 1. The van der Waals surface area contributed by atoms with Crippen LogP contribution in [0.5, 0.6) is 0 Å². The van der Waals surface area contributed by atoms with Crippen molar-refractivity contribution in [1.82, 2.24) is 34.2 Å². The molecular formula is C17H21BrN8O3. The highest BCUT2D eigenvalue weighted by Crippen LogP contribution is 2.22. The maximum atomic E-state index is 12.8. The van der Waals surface area contributed by atoms with Gasteiger partial charge in [-0.15, -0.1) is 0 Å². The normalized spacial score (nSPS) is 11.1. The number of rotatable bonds is 7. The van der Waals surface area contributed by atoms with Crippen LogP contribution in [-0.4, -0.2) is 52.1 Å². The van der Waals surface area contributed by atoms with Gasteiger partial charge in [0.25, 0.3) is 5.91 Å². The predicted molar refractivity (Wildman–Crippen MR) is 107 cm³/mol. The minimum Gasteiger partial charge on any atom is -0.334 e. The maximum absolute atomic E-state index is 12.8. The van der Waals surface area contributed by atoms with Gasteiger partial charge >= 0.3 is 5.69 Å². The Bertz CT molecular complexity index is 1070. The van der Waals surface area contributed by atoms with Crippen LogP contribution in [0.15, 0.2) is 22.9 Å². The molecule has 0 atom stereocenters. The number of halogens is 1. The van der Waals surface area contributed by atoms with E-state index in [0.717, 1.165) is 10.2 Å². The van der Waals surface area contributed by atoms with Gasteiger partial charge in [-0.1, -0.05) is 0 Å². The van der Waals surface area contributed by atoms with Crippen LogP contribution in [0.2, 0.25) is 0 Å². The Balaban J connectivity index is 1.74. The molecule has 0 N–H and O–H groups in total. The lowest BCUT2D eigenvalue weighted by Gasteiger charge is -2.17. The Kier molecular flexibility index (Phi) is 5.82. The van der Waals surface area contributed by atoms with Gasteiger partial charge in [-0.05, 0) is 42.8 Å². The summed E-state index contributed by atoms with van der Waals surface area (Å²) < 4.78 is 5.68. The highest BCUT2D eigenvalue weighted by molar-refractivity contribution is 9.10. The maximum Gasteiger partial charge on any atom is 0.312 e. The summed E-state index contributed by atoms with van der Waals surface area (Å²) in [5.41, 5.74) is 1.95. The number of carbonyl (C=O) groups excluding carboxylic acids is 1. The zero-order valence-electron chi connectivity index (χ0n) is 16.5. The van der Waals surface area contributed by atoms with Gasteiger partial charge in [0.15, 0.2) is 0 Å². The molecule has 0 aliphatic rings. The van der Waals surface area contributed by atoms with E-state index in [9.17, 15) is 14.9 Å². The molecule has 3 heterocycles. The zero-order chi connectivity index (χ0) is 21.3. The Labute approximate surface area is 175 Å². The fourth-order valence-electron chi connectivity index (χ4n) is 3.09. The van der Waals surface area contributed by atoms with Gasteiger partial charge in [-0.2, -0.15) is 15.3 Å². The average molecular weight is 465 g/mol. The largest absolute Gasteiger partial charge is 0.334 e. The quantitative estimate of drug-likeness (QED) is 0.391. The molecule has 0 spiro atoms. The third-order valence-electron chi connectivity index (χ3n) is 4.60. The summed E-state index contributed by atoms with van der Waals surface area (Å²) in [7, 11) is 1.70. The molecule has 0 aliphatic carbocycles. The van der Waals surface area contributed by atoms with E-state index in [2.05, 4.69) is 31.2 Å². The minimum absolute atomic E-state index is 0.00805. The first kappa shape index (κ1) is 20.7. The van der Waals surface area contributed by atoms with Crippen molar-refractivity contribution in [2.45, 2.75) is 40.5 Å². The van der Waals surface area contributed by atoms with E-state index < -0.39 is 4.92 Å². The topological polar surface area (TPSA) is 117 Å². The summed E-state index contributed by atoms with van der Waals surface area (Å²) in [6.07, 6.45) is 3.36. The molecule has 0 unspecified atom stereocenters. The molecule has 0 bridgehead atoms. The van der Waals surface area contributed by atoms with Crippen LogP contribution in [0.1, 0.15) is 34.5 Å². The van der Waals surface area contributed by atoms with Crippen LogP contribution in [-0.2, 0) is 19.8 Å². The average Bonchev–Trinajstić information content (AvgIpc) is 3.34. The van der Waals surface area contributed by atoms with Crippen LogP contribution >= 0.6 is 15.9 Å². The van der Waals surface area contributed by atoms with E-state index in [4.69, 9.17) is 0 Å². The molecule has 3 aromatic heterocycles. The van der Waals surface area contributed by atoms with Gasteiger partial charge in [0.1, 0.15) is 23.8 Å². The van der Waals surface area contributed by atoms with Crippen molar-refractivity contribution >= 4 is 27.5 Å². The number of hydrogen-bond acceptors (Lipinski definition) is 6. The predicted octanol–water partition coefficient (Wildman–Crippen LogP) is 2.36. The van der Waals surface area contributed by atoms with Crippen LogP contribution in [0.3, 0.4) is 0 Å². The van der Waals surface area contributed by atoms with Gasteiger partial charge in [0, 0.05) is 19.8 Å². The molecule has 3 rings (SSSR count). The van der Waals surface area contributed by atoms with Crippen LogP contribution in [0.4, 0.5) is 5.69 Å². The van der Waals surface area contributed by atoms with E-state index in [1.54, 1.807) is 44.3 Å². The summed E-state index contributed by atoms with van der Waals surface area (Å²) in [4.78, 5) is 25.0. The van der Waals surface area contributed by atoms with Gasteiger partial charge in [0.2, 0.25) is 0 Å². The molecular weight excluding hydrogens is 444 g/mol. The summed E-state index contributed by atoms with van der Waals surface area (Å²) in [5, 5.41) is 23.9. The number of hydrogen-bond donors (Lipinski definition) is 0. The summed E-state index contributed by atoms with van der Waals surface area (Å²) >= 11 is 3.46. The second-order valence-electron chi connectivity index (χ2n) is 6.57. The number of carbonyl (C=O) groups is 1. The monoisotopic (exact) mass is 464 g/mol. The minimum atomic E-state index is -0.444. The molecule has 12 heteroatoms. The van der Waals surface area contributed by atoms with Crippen LogP contribution < -0.4 is 0 Å². The highest BCUT2D eigenvalue weighted by atomic mass is 79.9. The second kappa shape index (κ2) is 8.15. The lowest BCUT2D eigenvalue weighted by atomic mass is 10.3. The SMILES string of the molecule is CCn1ncc(Br)c1CN(C)C(=O)c1ccn(Cn2nc(C)c([N+](=O)[O-])c2C)n1. The Morgan fingerprint density at radius 2 is 2.03 bits per heavy atom. The smallest absolute Gasteiger partial charge is 0.312 e. The van der Waals surface area contributed by atoms with E-state index >= 15 is 0 Å². The van der Waals surface area contributed by atoms with Gasteiger partial charge < -0.3 is 4.90 Å². The molecule has 0 fully saturated rings. The fraction of sp³-hybridized carbons (Fsp3) is 0.412. The number of nitro groups is 1. The fourth-order valence-corrected chi connectivity index (χ4v) is 3.51.